The number of ether oxygens (including phenoxy) is 1. The smallest absolute Gasteiger partial charge is 0.214 e. The van der Waals surface area contributed by atoms with Crippen LogP contribution in [0.4, 0.5) is 0 Å². The average Bonchev–Trinajstić information content (AvgIpc) is 3.02. The Balaban J connectivity index is 1.81. The molecule has 0 N–H and O–H groups in total. The highest BCUT2D eigenvalue weighted by Gasteiger charge is 2.11. The number of halogens is 1. The van der Waals surface area contributed by atoms with Crippen molar-refractivity contribution in [2.75, 3.05) is 7.11 Å². The molecule has 0 aliphatic rings. The van der Waals surface area contributed by atoms with E-state index < -0.39 is 0 Å². The highest BCUT2D eigenvalue weighted by molar-refractivity contribution is 7.98. The van der Waals surface area contributed by atoms with E-state index in [0.717, 1.165) is 17.0 Å². The molecule has 0 atom stereocenters. The molecule has 1 heterocycles. The summed E-state index contributed by atoms with van der Waals surface area (Å²) < 4.78 is 7.06. The summed E-state index contributed by atoms with van der Waals surface area (Å²) in [5.74, 6) is 1.47. The van der Waals surface area contributed by atoms with Gasteiger partial charge in [0.05, 0.1) is 12.8 Å². The fraction of sp³-hybridized carbons (Fsp3) is 0.133. The van der Waals surface area contributed by atoms with Crippen LogP contribution in [-0.4, -0.2) is 27.3 Å². The van der Waals surface area contributed by atoms with Crippen LogP contribution < -0.4 is 4.74 Å². The third-order valence-electron chi connectivity index (χ3n) is 3.04. The van der Waals surface area contributed by atoms with Crippen molar-refractivity contribution in [1.29, 1.82) is 0 Å². The summed E-state index contributed by atoms with van der Waals surface area (Å²) in [7, 11) is 1.64. The van der Waals surface area contributed by atoms with E-state index in [0.29, 0.717) is 15.9 Å². The topological polar surface area (TPSA) is 52.8 Å². The first-order valence-electron chi connectivity index (χ1n) is 6.57. The molecule has 7 heteroatoms. The van der Waals surface area contributed by atoms with Gasteiger partial charge in [-0.2, -0.15) is 4.68 Å². The lowest BCUT2D eigenvalue weighted by Crippen LogP contribution is -1.99. The van der Waals surface area contributed by atoms with E-state index in [2.05, 4.69) is 15.5 Å². The fourth-order valence-corrected chi connectivity index (χ4v) is 3.07. The van der Waals surface area contributed by atoms with E-state index in [1.165, 1.54) is 11.8 Å². The number of para-hydroxylation sites is 1. The van der Waals surface area contributed by atoms with Crippen LogP contribution in [0.25, 0.3) is 5.69 Å². The molecule has 3 rings (SSSR count). The van der Waals surface area contributed by atoms with Gasteiger partial charge < -0.3 is 4.74 Å². The Morgan fingerprint density at radius 1 is 1.18 bits per heavy atom. The van der Waals surface area contributed by atoms with Crippen LogP contribution in [0.1, 0.15) is 5.56 Å². The Morgan fingerprint density at radius 3 is 2.77 bits per heavy atom. The Labute approximate surface area is 137 Å². The van der Waals surface area contributed by atoms with Crippen LogP contribution >= 0.6 is 23.4 Å². The molecule has 0 spiro atoms. The molecule has 3 aromatic rings. The van der Waals surface area contributed by atoms with Gasteiger partial charge in [-0.15, -0.1) is 5.10 Å². The third-order valence-corrected chi connectivity index (χ3v) is 4.24. The van der Waals surface area contributed by atoms with Crippen LogP contribution in [0, 0.1) is 0 Å². The Morgan fingerprint density at radius 2 is 2.00 bits per heavy atom. The molecule has 0 aliphatic heterocycles. The van der Waals surface area contributed by atoms with E-state index >= 15 is 0 Å². The average molecular weight is 333 g/mol. The van der Waals surface area contributed by atoms with Crippen LogP contribution in [0.5, 0.6) is 5.75 Å². The maximum absolute atomic E-state index is 6.05. The first-order valence-corrected chi connectivity index (χ1v) is 7.93. The summed E-state index contributed by atoms with van der Waals surface area (Å²) in [5, 5.41) is 13.3. The number of rotatable bonds is 5. The minimum atomic E-state index is 0.664. The molecule has 1 aromatic heterocycles. The summed E-state index contributed by atoms with van der Waals surface area (Å²) >= 11 is 7.58. The van der Waals surface area contributed by atoms with E-state index in [1.54, 1.807) is 11.8 Å². The first-order chi connectivity index (χ1) is 10.8. The molecule has 0 radical (unpaired) electrons. The normalized spacial score (nSPS) is 10.6. The number of hydrogen-bond donors (Lipinski definition) is 0. The zero-order valence-corrected chi connectivity index (χ0v) is 13.4. The number of tetrazole rings is 1. The monoisotopic (exact) mass is 332 g/mol. The van der Waals surface area contributed by atoms with Gasteiger partial charge in [0.15, 0.2) is 0 Å². The van der Waals surface area contributed by atoms with Crippen molar-refractivity contribution in [2.45, 2.75) is 10.9 Å². The SMILES string of the molecule is COc1ccc(Cl)cc1CSc1nnnn1-c1ccccc1. The van der Waals surface area contributed by atoms with Gasteiger partial charge in [-0.25, -0.2) is 0 Å². The van der Waals surface area contributed by atoms with Crippen molar-refractivity contribution in [3.05, 3.63) is 59.1 Å². The second-order valence-corrected chi connectivity index (χ2v) is 5.83. The van der Waals surface area contributed by atoms with Crippen molar-refractivity contribution in [3.63, 3.8) is 0 Å². The summed E-state index contributed by atoms with van der Waals surface area (Å²) in [6, 6.07) is 15.3. The number of hydrogen-bond acceptors (Lipinski definition) is 5. The van der Waals surface area contributed by atoms with E-state index in [9.17, 15) is 0 Å². The Bertz CT molecular complexity index is 763. The van der Waals surface area contributed by atoms with Crippen molar-refractivity contribution in [3.8, 4) is 11.4 Å². The lowest BCUT2D eigenvalue weighted by Gasteiger charge is -2.08. The molecule has 0 amide bonds. The van der Waals surface area contributed by atoms with Crippen LogP contribution in [0.2, 0.25) is 5.02 Å². The Hall–Kier alpha value is -2.05. The quantitative estimate of drug-likeness (QED) is 0.668. The minimum Gasteiger partial charge on any atom is -0.496 e. The predicted octanol–water partition coefficient (Wildman–Crippen LogP) is 3.62. The number of thioether (sulfide) groups is 1. The second kappa shape index (κ2) is 6.81. The molecule has 5 nitrogen and oxygen atoms in total. The fourth-order valence-electron chi connectivity index (χ4n) is 2.00. The lowest BCUT2D eigenvalue weighted by atomic mass is 10.2. The molecular formula is C15H13ClN4OS. The molecule has 0 saturated heterocycles. The zero-order valence-electron chi connectivity index (χ0n) is 11.8. The molecule has 22 heavy (non-hydrogen) atoms. The molecule has 2 aromatic carbocycles. The van der Waals surface area contributed by atoms with Gasteiger partial charge in [0.2, 0.25) is 5.16 Å². The van der Waals surface area contributed by atoms with Crippen molar-refractivity contribution in [1.82, 2.24) is 20.2 Å². The molecule has 0 fully saturated rings. The highest BCUT2D eigenvalue weighted by Crippen LogP contribution is 2.29. The molecular weight excluding hydrogens is 320 g/mol. The number of aromatic nitrogens is 4. The van der Waals surface area contributed by atoms with E-state index in [-0.39, 0.29) is 0 Å². The summed E-state index contributed by atoms with van der Waals surface area (Å²) in [6.45, 7) is 0. The second-order valence-electron chi connectivity index (χ2n) is 4.45. The largest absolute Gasteiger partial charge is 0.496 e. The van der Waals surface area contributed by atoms with Crippen LogP contribution in [0.3, 0.4) is 0 Å². The summed E-state index contributed by atoms with van der Waals surface area (Å²) in [4.78, 5) is 0. The van der Waals surface area contributed by atoms with Crippen molar-refractivity contribution >= 4 is 23.4 Å². The summed E-state index contributed by atoms with van der Waals surface area (Å²) in [5.41, 5.74) is 1.93. The highest BCUT2D eigenvalue weighted by atomic mass is 35.5. The number of methoxy groups -OCH3 is 1. The van der Waals surface area contributed by atoms with Gasteiger partial charge in [0.25, 0.3) is 0 Å². The minimum absolute atomic E-state index is 0.664. The van der Waals surface area contributed by atoms with Crippen LogP contribution in [-0.2, 0) is 5.75 Å². The van der Waals surface area contributed by atoms with E-state index in [4.69, 9.17) is 16.3 Å². The zero-order chi connectivity index (χ0) is 15.4. The standard InChI is InChI=1S/C15H13ClN4OS/c1-21-14-8-7-12(16)9-11(14)10-22-15-17-18-19-20(15)13-5-3-2-4-6-13/h2-9H,10H2,1H3. The molecule has 0 bridgehead atoms. The van der Waals surface area contributed by atoms with Gasteiger partial charge in [0, 0.05) is 16.3 Å². The maximum atomic E-state index is 6.05. The van der Waals surface area contributed by atoms with Gasteiger partial charge >= 0.3 is 0 Å². The first kappa shape index (κ1) is 14.9. The van der Waals surface area contributed by atoms with Crippen LogP contribution in [0.15, 0.2) is 53.7 Å². The maximum Gasteiger partial charge on any atom is 0.214 e. The molecule has 0 unspecified atom stereocenters. The Kier molecular flexibility index (Phi) is 4.60. The van der Waals surface area contributed by atoms with Crippen molar-refractivity contribution in [2.24, 2.45) is 0 Å². The van der Waals surface area contributed by atoms with Gasteiger partial charge in [-0.1, -0.05) is 41.6 Å². The molecule has 0 saturated carbocycles. The van der Waals surface area contributed by atoms with Crippen molar-refractivity contribution < 1.29 is 4.74 Å². The summed E-state index contributed by atoms with van der Waals surface area (Å²) in [6.07, 6.45) is 0. The lowest BCUT2D eigenvalue weighted by molar-refractivity contribution is 0.411. The molecule has 112 valence electrons. The van der Waals surface area contributed by atoms with Gasteiger partial charge in [-0.05, 0) is 40.8 Å². The van der Waals surface area contributed by atoms with Gasteiger partial charge in [0.1, 0.15) is 5.75 Å². The molecule has 0 aliphatic carbocycles. The van der Waals surface area contributed by atoms with E-state index in [1.807, 2.05) is 48.5 Å². The third kappa shape index (κ3) is 3.23. The van der Waals surface area contributed by atoms with Gasteiger partial charge in [-0.3, -0.25) is 0 Å². The predicted molar refractivity (Wildman–Crippen MR) is 86.7 cm³/mol. The number of nitrogens with zero attached hydrogens (tertiary/aromatic N) is 4. The number of benzene rings is 2.